The largest absolute Gasteiger partial charge is 0.508 e. The molecule has 2 bridgehead atoms. The fourth-order valence-electron chi connectivity index (χ4n) is 3.54. The van der Waals surface area contributed by atoms with Crippen LogP contribution in [-0.4, -0.2) is 41.1 Å². The van der Waals surface area contributed by atoms with Crippen LogP contribution in [0.25, 0.3) is 6.08 Å². The molecule has 2 saturated heterocycles. The van der Waals surface area contributed by atoms with Gasteiger partial charge in [-0.2, -0.15) is 0 Å². The van der Waals surface area contributed by atoms with Crippen LogP contribution in [-0.2, 0) is 4.79 Å². The number of hydrogen-bond acceptors (Lipinski definition) is 3. The van der Waals surface area contributed by atoms with Crippen LogP contribution in [0.1, 0.15) is 31.2 Å². The third-order valence-corrected chi connectivity index (χ3v) is 4.76. The van der Waals surface area contributed by atoms with Crippen molar-refractivity contribution in [2.24, 2.45) is 0 Å². The Balaban J connectivity index is 1.54. The summed E-state index contributed by atoms with van der Waals surface area (Å²) in [5.41, 5.74) is 0.909. The number of benzene rings is 1. The predicted molar refractivity (Wildman–Crippen MR) is 82.9 cm³/mol. The molecular formula is C17H22N2O2. The van der Waals surface area contributed by atoms with Gasteiger partial charge in [-0.05, 0) is 56.5 Å². The van der Waals surface area contributed by atoms with Crippen LogP contribution in [0.4, 0.5) is 0 Å². The van der Waals surface area contributed by atoms with Crippen molar-refractivity contribution in [3.63, 3.8) is 0 Å². The summed E-state index contributed by atoms with van der Waals surface area (Å²) in [7, 11) is 2.20. The van der Waals surface area contributed by atoms with Crippen molar-refractivity contribution in [3.8, 4) is 5.75 Å². The smallest absolute Gasteiger partial charge is 0.244 e. The van der Waals surface area contributed by atoms with Crippen LogP contribution in [0.3, 0.4) is 0 Å². The number of carbonyl (C=O) groups is 1. The summed E-state index contributed by atoms with van der Waals surface area (Å²) >= 11 is 0. The molecular weight excluding hydrogens is 264 g/mol. The van der Waals surface area contributed by atoms with E-state index in [-0.39, 0.29) is 11.7 Å². The van der Waals surface area contributed by atoms with Crippen molar-refractivity contribution in [1.29, 1.82) is 0 Å². The number of phenols is 1. The first-order chi connectivity index (χ1) is 10.1. The number of rotatable bonds is 3. The van der Waals surface area contributed by atoms with Gasteiger partial charge in [0.1, 0.15) is 5.75 Å². The summed E-state index contributed by atoms with van der Waals surface area (Å²) in [4.78, 5) is 14.5. The second-order valence-electron chi connectivity index (χ2n) is 6.15. The van der Waals surface area contributed by atoms with Gasteiger partial charge in [0.15, 0.2) is 0 Å². The van der Waals surface area contributed by atoms with E-state index in [4.69, 9.17) is 0 Å². The summed E-state index contributed by atoms with van der Waals surface area (Å²) in [5.74, 6) is 0.204. The molecule has 1 aromatic rings. The van der Waals surface area contributed by atoms with Gasteiger partial charge in [0.2, 0.25) is 5.91 Å². The van der Waals surface area contributed by atoms with Crippen LogP contribution in [0.2, 0.25) is 0 Å². The van der Waals surface area contributed by atoms with E-state index in [0.29, 0.717) is 18.1 Å². The van der Waals surface area contributed by atoms with E-state index in [0.717, 1.165) is 18.4 Å². The first-order valence-corrected chi connectivity index (χ1v) is 7.61. The van der Waals surface area contributed by atoms with E-state index >= 15 is 0 Å². The predicted octanol–water partition coefficient (Wildman–Crippen LogP) is 2.15. The molecule has 4 heteroatoms. The Morgan fingerprint density at radius 2 is 1.86 bits per heavy atom. The van der Waals surface area contributed by atoms with Crippen LogP contribution in [0.5, 0.6) is 5.75 Å². The molecule has 0 aliphatic carbocycles. The number of aromatic hydroxyl groups is 1. The highest BCUT2D eigenvalue weighted by atomic mass is 16.3. The van der Waals surface area contributed by atoms with Crippen molar-refractivity contribution >= 4 is 12.0 Å². The fraction of sp³-hybridized carbons (Fsp3) is 0.471. The number of nitrogens with zero attached hydrogens (tertiary/aromatic N) is 1. The van der Waals surface area contributed by atoms with Gasteiger partial charge in [0.25, 0.3) is 0 Å². The molecule has 2 unspecified atom stereocenters. The quantitative estimate of drug-likeness (QED) is 0.837. The van der Waals surface area contributed by atoms with E-state index in [1.165, 1.54) is 12.8 Å². The van der Waals surface area contributed by atoms with E-state index < -0.39 is 0 Å². The maximum Gasteiger partial charge on any atom is 0.244 e. The Morgan fingerprint density at radius 3 is 2.48 bits per heavy atom. The molecule has 2 N–H and O–H groups in total. The number of piperidine rings is 1. The molecule has 3 rings (SSSR count). The van der Waals surface area contributed by atoms with Crippen molar-refractivity contribution < 1.29 is 9.90 Å². The molecule has 1 aromatic carbocycles. The average molecular weight is 286 g/mol. The molecule has 0 aromatic heterocycles. The molecule has 0 radical (unpaired) electrons. The highest BCUT2D eigenvalue weighted by Gasteiger charge is 2.38. The van der Waals surface area contributed by atoms with Gasteiger partial charge in [-0.1, -0.05) is 12.1 Å². The van der Waals surface area contributed by atoms with Gasteiger partial charge < -0.3 is 15.3 Å². The highest BCUT2D eigenvalue weighted by molar-refractivity contribution is 5.91. The monoisotopic (exact) mass is 286 g/mol. The summed E-state index contributed by atoms with van der Waals surface area (Å²) in [5, 5.41) is 12.3. The van der Waals surface area contributed by atoms with E-state index in [1.807, 2.05) is 0 Å². The molecule has 2 aliphatic heterocycles. The molecule has 2 heterocycles. The maximum absolute atomic E-state index is 12.0. The number of phenolic OH excluding ortho intramolecular Hbond substituents is 1. The topological polar surface area (TPSA) is 52.6 Å². The minimum atomic E-state index is -0.0305. The van der Waals surface area contributed by atoms with Crippen LogP contribution in [0, 0.1) is 0 Å². The standard InChI is InChI=1S/C17H22N2O2/c1-19-14-5-6-15(19)11-13(10-14)18-17(21)9-4-12-2-7-16(20)8-3-12/h2-4,7-9,13-15,20H,5-6,10-11H2,1H3,(H,18,21). The summed E-state index contributed by atoms with van der Waals surface area (Å²) < 4.78 is 0. The molecule has 2 fully saturated rings. The maximum atomic E-state index is 12.0. The lowest BCUT2D eigenvalue weighted by atomic mass is 9.98. The second kappa shape index (κ2) is 5.90. The van der Waals surface area contributed by atoms with Crippen LogP contribution < -0.4 is 5.32 Å². The first kappa shape index (κ1) is 14.1. The number of carbonyl (C=O) groups excluding carboxylic acids is 1. The lowest BCUT2D eigenvalue weighted by Gasteiger charge is -2.36. The Labute approximate surface area is 125 Å². The van der Waals surface area contributed by atoms with Crippen molar-refractivity contribution in [1.82, 2.24) is 10.2 Å². The van der Waals surface area contributed by atoms with Crippen molar-refractivity contribution in [2.75, 3.05) is 7.05 Å². The van der Waals surface area contributed by atoms with Crippen molar-refractivity contribution in [2.45, 2.75) is 43.8 Å². The van der Waals surface area contributed by atoms with Crippen molar-refractivity contribution in [3.05, 3.63) is 35.9 Å². The van der Waals surface area contributed by atoms with E-state index in [9.17, 15) is 9.90 Å². The first-order valence-electron chi connectivity index (χ1n) is 7.61. The Bertz CT molecular complexity index is 524. The molecule has 1 amide bonds. The molecule has 21 heavy (non-hydrogen) atoms. The average Bonchev–Trinajstić information content (AvgIpc) is 2.69. The third-order valence-electron chi connectivity index (χ3n) is 4.76. The fourth-order valence-corrected chi connectivity index (χ4v) is 3.54. The zero-order valence-corrected chi connectivity index (χ0v) is 12.3. The van der Waals surface area contributed by atoms with Gasteiger partial charge in [-0.25, -0.2) is 0 Å². The minimum Gasteiger partial charge on any atom is -0.508 e. The number of fused-ring (bicyclic) bond motifs is 2. The summed E-state index contributed by atoms with van der Waals surface area (Å²) in [6, 6.07) is 8.38. The van der Waals surface area contributed by atoms with Gasteiger partial charge in [-0.15, -0.1) is 0 Å². The van der Waals surface area contributed by atoms with E-state index in [2.05, 4.69) is 17.3 Å². The lowest BCUT2D eigenvalue weighted by Crippen LogP contribution is -2.48. The summed E-state index contributed by atoms with van der Waals surface area (Å²) in [6.07, 6.45) is 8.00. The number of amides is 1. The SMILES string of the molecule is CN1C2CCC1CC(NC(=O)C=Cc1ccc(O)cc1)C2. The number of hydrogen-bond donors (Lipinski definition) is 2. The Kier molecular flexibility index (Phi) is 3.97. The third kappa shape index (κ3) is 3.27. The van der Waals surface area contributed by atoms with Gasteiger partial charge in [0.05, 0.1) is 0 Å². The van der Waals surface area contributed by atoms with Gasteiger partial charge >= 0.3 is 0 Å². The summed E-state index contributed by atoms with van der Waals surface area (Å²) in [6.45, 7) is 0. The molecule has 4 nitrogen and oxygen atoms in total. The van der Waals surface area contributed by atoms with Gasteiger partial charge in [0, 0.05) is 24.2 Å². The Hall–Kier alpha value is -1.81. The molecule has 2 atom stereocenters. The van der Waals surface area contributed by atoms with Crippen LogP contribution >= 0.6 is 0 Å². The van der Waals surface area contributed by atoms with Crippen LogP contribution in [0.15, 0.2) is 30.3 Å². The molecule has 112 valence electrons. The minimum absolute atomic E-state index is 0.0305. The molecule has 0 saturated carbocycles. The lowest BCUT2D eigenvalue weighted by molar-refractivity contribution is -0.117. The van der Waals surface area contributed by atoms with E-state index in [1.54, 1.807) is 36.4 Å². The second-order valence-corrected chi connectivity index (χ2v) is 6.15. The normalized spacial score (nSPS) is 28.9. The Morgan fingerprint density at radius 1 is 1.24 bits per heavy atom. The zero-order chi connectivity index (χ0) is 14.8. The zero-order valence-electron chi connectivity index (χ0n) is 12.3. The highest BCUT2D eigenvalue weighted by Crippen LogP contribution is 2.34. The van der Waals surface area contributed by atoms with Gasteiger partial charge in [-0.3, -0.25) is 4.79 Å². The number of nitrogens with one attached hydrogen (secondary N) is 1. The molecule has 2 aliphatic rings. The molecule has 0 spiro atoms.